The molecule has 1 aliphatic heterocycles. The Morgan fingerprint density at radius 3 is 2.61 bits per heavy atom. The number of anilines is 2. The average molecular weight is 436 g/mol. The molecule has 1 aliphatic rings. The minimum atomic E-state index is -4.74. The molecular weight excluding hydrogens is 417 g/mol. The number of amides is 2. The van der Waals surface area contributed by atoms with Crippen molar-refractivity contribution in [2.75, 3.05) is 16.9 Å². The SMILES string of the molecule is CCc1ccccc1N1CC(C(=O)NNc2ccc(C(F)(F)F)cc2[N+](=O)[O-])CC1=O. The fourth-order valence-corrected chi connectivity index (χ4v) is 3.38. The monoisotopic (exact) mass is 436 g/mol. The smallest absolute Gasteiger partial charge is 0.311 e. The number of hydrogen-bond acceptors (Lipinski definition) is 5. The van der Waals surface area contributed by atoms with Crippen LogP contribution in [0.1, 0.15) is 24.5 Å². The molecule has 0 saturated carbocycles. The second-order valence-corrected chi connectivity index (χ2v) is 6.99. The highest BCUT2D eigenvalue weighted by Gasteiger charge is 2.36. The maximum absolute atomic E-state index is 12.8. The van der Waals surface area contributed by atoms with Gasteiger partial charge in [0.05, 0.1) is 16.4 Å². The number of nitro benzene ring substituents is 1. The maximum atomic E-state index is 12.8. The molecule has 2 N–H and O–H groups in total. The molecule has 164 valence electrons. The number of nitro groups is 1. The van der Waals surface area contributed by atoms with Crippen LogP contribution in [0.4, 0.5) is 30.2 Å². The molecule has 2 amide bonds. The number of alkyl halides is 3. The summed E-state index contributed by atoms with van der Waals surface area (Å²) in [6.45, 7) is 2.07. The quantitative estimate of drug-likeness (QED) is 0.531. The third-order valence-electron chi connectivity index (χ3n) is 5.00. The Kier molecular flexibility index (Phi) is 6.14. The van der Waals surface area contributed by atoms with Crippen molar-refractivity contribution in [3.63, 3.8) is 0 Å². The van der Waals surface area contributed by atoms with Crippen molar-refractivity contribution < 1.29 is 27.7 Å². The first-order chi connectivity index (χ1) is 14.6. The maximum Gasteiger partial charge on any atom is 0.416 e. The predicted octanol–water partition coefficient (Wildman–Crippen LogP) is 3.67. The summed E-state index contributed by atoms with van der Waals surface area (Å²) in [7, 11) is 0. The molecule has 11 heteroatoms. The fraction of sp³-hybridized carbons (Fsp3) is 0.300. The molecule has 2 aromatic rings. The van der Waals surface area contributed by atoms with Crippen LogP contribution in [-0.4, -0.2) is 23.3 Å². The predicted molar refractivity (Wildman–Crippen MR) is 106 cm³/mol. The largest absolute Gasteiger partial charge is 0.416 e. The van der Waals surface area contributed by atoms with E-state index in [-0.39, 0.29) is 24.6 Å². The highest BCUT2D eigenvalue weighted by Crippen LogP contribution is 2.35. The summed E-state index contributed by atoms with van der Waals surface area (Å²) in [6, 6.07) is 9.25. The van der Waals surface area contributed by atoms with Crippen LogP contribution in [0.15, 0.2) is 42.5 Å². The van der Waals surface area contributed by atoms with E-state index in [1.54, 1.807) is 12.1 Å². The number of halogens is 3. The first-order valence-corrected chi connectivity index (χ1v) is 9.41. The topological polar surface area (TPSA) is 105 Å². The van der Waals surface area contributed by atoms with Gasteiger partial charge in [0.25, 0.3) is 5.69 Å². The Morgan fingerprint density at radius 1 is 1.26 bits per heavy atom. The van der Waals surface area contributed by atoms with Crippen molar-refractivity contribution in [2.45, 2.75) is 25.9 Å². The zero-order chi connectivity index (χ0) is 22.8. The number of nitrogens with one attached hydrogen (secondary N) is 2. The molecule has 0 spiro atoms. The van der Waals surface area contributed by atoms with Gasteiger partial charge in [-0.25, -0.2) is 0 Å². The average Bonchev–Trinajstić information content (AvgIpc) is 3.12. The van der Waals surface area contributed by atoms with Gasteiger partial charge >= 0.3 is 6.18 Å². The number of para-hydroxylation sites is 1. The molecular formula is C20H19F3N4O4. The van der Waals surface area contributed by atoms with E-state index in [9.17, 15) is 32.9 Å². The fourth-order valence-electron chi connectivity index (χ4n) is 3.38. The van der Waals surface area contributed by atoms with Crippen molar-refractivity contribution in [3.8, 4) is 0 Å². The van der Waals surface area contributed by atoms with Crippen molar-refractivity contribution >= 4 is 28.9 Å². The summed E-state index contributed by atoms with van der Waals surface area (Å²) in [5.74, 6) is -1.56. The van der Waals surface area contributed by atoms with Crippen molar-refractivity contribution in [1.29, 1.82) is 0 Å². The van der Waals surface area contributed by atoms with Crippen LogP contribution in [0.25, 0.3) is 0 Å². The molecule has 31 heavy (non-hydrogen) atoms. The zero-order valence-electron chi connectivity index (χ0n) is 16.4. The summed E-state index contributed by atoms with van der Waals surface area (Å²) < 4.78 is 38.4. The summed E-state index contributed by atoms with van der Waals surface area (Å²) in [4.78, 5) is 36.6. The molecule has 0 radical (unpaired) electrons. The van der Waals surface area contributed by atoms with Crippen molar-refractivity contribution in [1.82, 2.24) is 5.43 Å². The lowest BCUT2D eigenvalue weighted by molar-refractivity contribution is -0.384. The van der Waals surface area contributed by atoms with Gasteiger partial charge < -0.3 is 4.90 Å². The molecule has 2 aromatic carbocycles. The van der Waals surface area contributed by atoms with Gasteiger partial charge in [-0.15, -0.1) is 0 Å². The van der Waals surface area contributed by atoms with E-state index in [2.05, 4.69) is 10.9 Å². The first-order valence-electron chi connectivity index (χ1n) is 9.41. The Hall–Kier alpha value is -3.63. The number of carbonyl (C=O) groups is 2. The minimum Gasteiger partial charge on any atom is -0.311 e. The molecule has 1 heterocycles. The third-order valence-corrected chi connectivity index (χ3v) is 5.00. The molecule has 0 aromatic heterocycles. The summed E-state index contributed by atoms with van der Waals surface area (Å²) in [5, 5.41) is 11.1. The summed E-state index contributed by atoms with van der Waals surface area (Å²) >= 11 is 0. The normalized spacial score (nSPS) is 16.3. The molecule has 1 unspecified atom stereocenters. The van der Waals surface area contributed by atoms with Crippen LogP contribution in [0, 0.1) is 16.0 Å². The lowest BCUT2D eigenvalue weighted by Gasteiger charge is -2.20. The van der Waals surface area contributed by atoms with Gasteiger partial charge in [-0.05, 0) is 30.2 Å². The van der Waals surface area contributed by atoms with E-state index >= 15 is 0 Å². The van der Waals surface area contributed by atoms with Gasteiger partial charge in [0.2, 0.25) is 11.8 Å². The number of nitrogens with zero attached hydrogens (tertiary/aromatic N) is 2. The number of aryl methyl sites for hydroxylation is 1. The van der Waals surface area contributed by atoms with Crippen LogP contribution >= 0.6 is 0 Å². The van der Waals surface area contributed by atoms with Gasteiger partial charge in [0.1, 0.15) is 5.69 Å². The molecule has 3 rings (SSSR count). The van der Waals surface area contributed by atoms with Gasteiger partial charge in [0.15, 0.2) is 0 Å². The number of hydrazine groups is 1. The molecule has 1 saturated heterocycles. The standard InChI is InChI=1S/C20H19F3N4O4/c1-2-12-5-3-4-6-16(12)26-11-13(9-18(26)28)19(29)25-24-15-8-7-14(20(21,22)23)10-17(15)27(30)31/h3-8,10,13,24H,2,9,11H2,1H3,(H,25,29). The molecule has 8 nitrogen and oxygen atoms in total. The van der Waals surface area contributed by atoms with E-state index < -0.39 is 34.2 Å². The Labute approximate surface area is 175 Å². The van der Waals surface area contributed by atoms with Crippen LogP contribution in [0.2, 0.25) is 0 Å². The number of benzene rings is 2. The van der Waals surface area contributed by atoms with E-state index in [0.717, 1.165) is 17.3 Å². The van der Waals surface area contributed by atoms with Gasteiger partial charge in [-0.2, -0.15) is 13.2 Å². The third kappa shape index (κ3) is 4.76. The van der Waals surface area contributed by atoms with E-state index in [4.69, 9.17) is 0 Å². The molecule has 1 fully saturated rings. The van der Waals surface area contributed by atoms with Crippen LogP contribution in [0.3, 0.4) is 0 Å². The number of rotatable bonds is 6. The zero-order valence-corrected chi connectivity index (χ0v) is 16.4. The molecule has 0 aliphatic carbocycles. The highest BCUT2D eigenvalue weighted by molar-refractivity contribution is 6.01. The summed E-state index contributed by atoms with van der Waals surface area (Å²) in [5.41, 5.74) is 3.92. The van der Waals surface area contributed by atoms with Crippen LogP contribution in [0.5, 0.6) is 0 Å². The van der Waals surface area contributed by atoms with E-state index in [0.29, 0.717) is 18.6 Å². The second-order valence-electron chi connectivity index (χ2n) is 6.99. The molecule has 0 bridgehead atoms. The van der Waals surface area contributed by atoms with Crippen LogP contribution in [-0.2, 0) is 22.2 Å². The first kappa shape index (κ1) is 22.1. The number of hydrogen-bond donors (Lipinski definition) is 2. The van der Waals surface area contributed by atoms with Gasteiger partial charge in [0, 0.05) is 24.7 Å². The lowest BCUT2D eigenvalue weighted by atomic mass is 10.1. The van der Waals surface area contributed by atoms with Gasteiger partial charge in [-0.1, -0.05) is 25.1 Å². The van der Waals surface area contributed by atoms with Crippen LogP contribution < -0.4 is 15.8 Å². The van der Waals surface area contributed by atoms with Crippen molar-refractivity contribution in [3.05, 3.63) is 63.7 Å². The highest BCUT2D eigenvalue weighted by atomic mass is 19.4. The second kappa shape index (κ2) is 8.62. The Bertz CT molecular complexity index is 1030. The molecule has 1 atom stereocenters. The van der Waals surface area contributed by atoms with E-state index in [1.165, 1.54) is 4.90 Å². The Morgan fingerprint density at radius 2 is 1.97 bits per heavy atom. The van der Waals surface area contributed by atoms with Gasteiger partial charge in [-0.3, -0.25) is 30.6 Å². The van der Waals surface area contributed by atoms with E-state index in [1.807, 2.05) is 19.1 Å². The Balaban J connectivity index is 1.70. The minimum absolute atomic E-state index is 0.0549. The van der Waals surface area contributed by atoms with Crippen molar-refractivity contribution in [2.24, 2.45) is 5.92 Å². The number of carbonyl (C=O) groups excluding carboxylic acids is 2. The summed E-state index contributed by atoms with van der Waals surface area (Å²) in [6.07, 6.45) is -4.09. The lowest BCUT2D eigenvalue weighted by Crippen LogP contribution is -2.36.